The molecule has 30 heavy (non-hydrogen) atoms. The Bertz CT molecular complexity index is 1000. The first-order chi connectivity index (χ1) is 14.3. The van der Waals surface area contributed by atoms with Gasteiger partial charge in [-0.05, 0) is 75.5 Å². The summed E-state index contributed by atoms with van der Waals surface area (Å²) in [6.45, 7) is 0. The Morgan fingerprint density at radius 2 is 1.37 bits per heavy atom. The summed E-state index contributed by atoms with van der Waals surface area (Å²) in [6.07, 6.45) is 22.1. The van der Waals surface area contributed by atoms with E-state index >= 15 is 0 Å². The van der Waals surface area contributed by atoms with Crippen molar-refractivity contribution < 1.29 is 21.5 Å². The largest absolute Gasteiger partial charge is 2.00 e. The van der Waals surface area contributed by atoms with E-state index in [1.54, 1.807) is 6.07 Å². The van der Waals surface area contributed by atoms with Gasteiger partial charge < -0.3 is 4.42 Å². The molecule has 1 aromatic heterocycles. The van der Waals surface area contributed by atoms with Gasteiger partial charge in [0.05, 0.1) is 5.39 Å². The van der Waals surface area contributed by atoms with Crippen molar-refractivity contribution in [3.05, 3.63) is 140 Å². The molecule has 1 heterocycles. The summed E-state index contributed by atoms with van der Waals surface area (Å²) in [5.74, 6) is 1.73. The first-order valence-corrected chi connectivity index (χ1v) is 9.49. The summed E-state index contributed by atoms with van der Waals surface area (Å²) in [7, 11) is 0. The van der Waals surface area contributed by atoms with Crippen molar-refractivity contribution in [2.45, 2.75) is 0 Å². The molecule has 146 valence electrons. The molecule has 0 aliphatic heterocycles. The van der Waals surface area contributed by atoms with Gasteiger partial charge in [0.1, 0.15) is 11.3 Å². The molecule has 3 aromatic rings. The van der Waals surface area contributed by atoms with E-state index in [1.165, 1.54) is 0 Å². The molecule has 0 saturated heterocycles. The van der Waals surface area contributed by atoms with Crippen LogP contribution in [0.5, 0.6) is 0 Å². The first kappa shape index (κ1) is 22.6. The fourth-order valence-corrected chi connectivity index (χ4v) is 3.04. The van der Waals surface area contributed by atoms with Gasteiger partial charge in [0.25, 0.3) is 0 Å². The van der Waals surface area contributed by atoms with E-state index in [2.05, 4.69) is 0 Å². The number of fused-ring (bicyclic) bond motifs is 1. The van der Waals surface area contributed by atoms with Gasteiger partial charge in [-0.15, -0.1) is 0 Å². The number of hydrogen-bond donors (Lipinski definition) is 0. The quantitative estimate of drug-likeness (QED) is 0.483. The number of benzene rings is 2. The minimum absolute atomic E-state index is 0. The Morgan fingerprint density at radius 3 is 2.03 bits per heavy atom. The standard InChI is InChI=1S/C22H15O2.C5H5.Fe/c23-20-15-22(18-8-2-1-3-9-18)24-21-13-12-17(14-19(20)21)11-10-16-6-4-5-7-16;1-2-4-5-3-1;/h1-15H;1-5H;/q;;+2/b11-10+;;. The molecular weight excluding hydrogens is 412 g/mol. The van der Waals surface area contributed by atoms with Crippen molar-refractivity contribution in [3.8, 4) is 11.3 Å². The minimum atomic E-state index is -0.0290. The monoisotopic (exact) mass is 432 g/mol. The van der Waals surface area contributed by atoms with E-state index in [0.29, 0.717) is 16.7 Å². The van der Waals surface area contributed by atoms with Crippen molar-refractivity contribution in [3.63, 3.8) is 0 Å². The van der Waals surface area contributed by atoms with Crippen LogP contribution in [0.25, 0.3) is 28.4 Å². The van der Waals surface area contributed by atoms with Crippen LogP contribution in [0.15, 0.2) is 69.9 Å². The Kier molecular flexibility index (Phi) is 8.54. The van der Waals surface area contributed by atoms with E-state index in [0.717, 1.165) is 17.0 Å². The number of allylic oxidation sites excluding steroid dienone is 1. The third-order valence-corrected chi connectivity index (χ3v) is 4.52. The van der Waals surface area contributed by atoms with E-state index in [1.807, 2.05) is 118 Å². The maximum Gasteiger partial charge on any atom is 2.00 e. The second-order valence-corrected chi connectivity index (χ2v) is 6.61. The van der Waals surface area contributed by atoms with Crippen LogP contribution in [0.3, 0.4) is 0 Å². The molecule has 2 aliphatic carbocycles. The van der Waals surface area contributed by atoms with Crippen LogP contribution < -0.4 is 5.43 Å². The third kappa shape index (κ3) is 5.97. The summed E-state index contributed by atoms with van der Waals surface area (Å²) >= 11 is 0. The fourth-order valence-electron chi connectivity index (χ4n) is 3.04. The SMILES string of the molecule is O=c1cc(-c2ccccc2)oc2ccc(/C=C/[C]3[CH][CH][CH][CH]3)cc12.[CH]1[CH][CH][CH][CH]1.[Fe+2]. The maximum atomic E-state index is 12.5. The maximum absolute atomic E-state index is 12.5. The van der Waals surface area contributed by atoms with Crippen LogP contribution in [0.4, 0.5) is 0 Å². The first-order valence-electron chi connectivity index (χ1n) is 9.49. The van der Waals surface area contributed by atoms with Gasteiger partial charge in [-0.1, -0.05) is 48.6 Å². The van der Waals surface area contributed by atoms with Crippen LogP contribution in [0.1, 0.15) is 5.56 Å². The van der Waals surface area contributed by atoms with Gasteiger partial charge in [0.2, 0.25) is 0 Å². The normalized spacial score (nSPS) is 16.4. The average Bonchev–Trinajstić information content (AvgIpc) is 3.50. The zero-order valence-electron chi connectivity index (χ0n) is 16.2. The molecule has 0 unspecified atom stereocenters. The molecule has 2 fully saturated rings. The van der Waals surface area contributed by atoms with Crippen LogP contribution in [0.2, 0.25) is 0 Å². The van der Waals surface area contributed by atoms with Gasteiger partial charge in [-0.3, -0.25) is 4.79 Å². The van der Waals surface area contributed by atoms with E-state index in [9.17, 15) is 4.79 Å². The van der Waals surface area contributed by atoms with Crippen LogP contribution in [-0.2, 0) is 17.1 Å². The second kappa shape index (κ2) is 11.3. The summed E-state index contributed by atoms with van der Waals surface area (Å²) in [5, 5.41) is 0.597. The molecular formula is C27H20FeO2+2. The summed E-state index contributed by atoms with van der Waals surface area (Å²) < 4.78 is 5.91. The van der Waals surface area contributed by atoms with Crippen molar-refractivity contribution in [2.24, 2.45) is 0 Å². The van der Waals surface area contributed by atoms with Crippen LogP contribution in [0, 0.1) is 63.7 Å². The van der Waals surface area contributed by atoms with E-state index in [-0.39, 0.29) is 22.5 Å². The summed E-state index contributed by atoms with van der Waals surface area (Å²) in [6, 6.07) is 16.9. The number of hydrogen-bond acceptors (Lipinski definition) is 2. The molecule has 0 amide bonds. The van der Waals surface area contributed by atoms with E-state index < -0.39 is 0 Å². The van der Waals surface area contributed by atoms with Gasteiger partial charge >= 0.3 is 17.1 Å². The average molecular weight is 432 g/mol. The summed E-state index contributed by atoms with van der Waals surface area (Å²) in [5.41, 5.74) is 2.45. The predicted octanol–water partition coefficient (Wildman–Crippen LogP) is 5.90. The molecule has 0 atom stereocenters. The second-order valence-electron chi connectivity index (χ2n) is 6.61. The van der Waals surface area contributed by atoms with Crippen LogP contribution in [-0.4, -0.2) is 0 Å². The smallest absolute Gasteiger partial charge is 0.456 e. The van der Waals surface area contributed by atoms with Crippen molar-refractivity contribution in [2.75, 3.05) is 0 Å². The molecule has 2 saturated carbocycles. The molecule has 0 bridgehead atoms. The molecule has 5 rings (SSSR count). The van der Waals surface area contributed by atoms with Gasteiger partial charge in [-0.2, -0.15) is 0 Å². The number of rotatable bonds is 3. The zero-order valence-corrected chi connectivity index (χ0v) is 17.3. The zero-order chi connectivity index (χ0) is 19.9. The third-order valence-electron chi connectivity index (χ3n) is 4.52. The van der Waals surface area contributed by atoms with E-state index in [4.69, 9.17) is 4.42 Å². The topological polar surface area (TPSA) is 30.2 Å². The summed E-state index contributed by atoms with van der Waals surface area (Å²) in [4.78, 5) is 12.5. The molecule has 2 aromatic carbocycles. The molecule has 2 aliphatic rings. The Hall–Kier alpha value is -2.09. The van der Waals surface area contributed by atoms with Crippen molar-refractivity contribution in [1.82, 2.24) is 0 Å². The predicted molar refractivity (Wildman–Crippen MR) is 119 cm³/mol. The van der Waals surface area contributed by atoms with Crippen molar-refractivity contribution >= 4 is 17.0 Å². The minimum Gasteiger partial charge on any atom is -0.456 e. The van der Waals surface area contributed by atoms with Gasteiger partial charge in [0, 0.05) is 17.5 Å². The molecule has 0 spiro atoms. The van der Waals surface area contributed by atoms with Crippen molar-refractivity contribution in [1.29, 1.82) is 0 Å². The molecule has 3 heteroatoms. The molecule has 2 nitrogen and oxygen atoms in total. The van der Waals surface area contributed by atoms with Gasteiger partial charge in [0.15, 0.2) is 5.43 Å². The Labute approximate surface area is 189 Å². The van der Waals surface area contributed by atoms with Crippen LogP contribution >= 0.6 is 0 Å². The molecule has 10 radical (unpaired) electrons. The molecule has 0 N–H and O–H groups in total. The Morgan fingerprint density at radius 1 is 0.700 bits per heavy atom. The fraction of sp³-hybridized carbons (Fsp3) is 0. The Balaban J connectivity index is 0.000000376. The van der Waals surface area contributed by atoms with Gasteiger partial charge in [-0.25, -0.2) is 0 Å².